The van der Waals surface area contributed by atoms with Crippen LogP contribution in [0.5, 0.6) is 11.5 Å². The highest BCUT2D eigenvalue weighted by atomic mass is 32.2. The SMILES string of the molecule is COc1cc(OC)c2c(c1)N(C(=O)C1CCCS1(=O)=O)CCC2. The average Bonchev–Trinajstić information content (AvgIpc) is 2.91. The van der Waals surface area contributed by atoms with E-state index in [4.69, 9.17) is 9.47 Å². The van der Waals surface area contributed by atoms with Crippen LogP contribution in [-0.4, -0.2) is 46.1 Å². The minimum absolute atomic E-state index is 0.103. The molecule has 1 saturated heterocycles. The van der Waals surface area contributed by atoms with Crippen molar-refractivity contribution in [3.63, 3.8) is 0 Å². The van der Waals surface area contributed by atoms with E-state index in [1.165, 1.54) is 0 Å². The van der Waals surface area contributed by atoms with E-state index in [9.17, 15) is 13.2 Å². The zero-order valence-electron chi connectivity index (χ0n) is 13.4. The lowest BCUT2D eigenvalue weighted by molar-refractivity contribution is -0.118. The maximum Gasteiger partial charge on any atom is 0.245 e. The fourth-order valence-electron chi connectivity index (χ4n) is 3.40. The van der Waals surface area contributed by atoms with Crippen LogP contribution < -0.4 is 14.4 Å². The van der Waals surface area contributed by atoms with Gasteiger partial charge in [-0.05, 0) is 25.7 Å². The molecule has 6 nitrogen and oxygen atoms in total. The van der Waals surface area contributed by atoms with Gasteiger partial charge >= 0.3 is 0 Å². The number of hydrogen-bond donors (Lipinski definition) is 0. The first-order valence-corrected chi connectivity index (χ1v) is 9.47. The lowest BCUT2D eigenvalue weighted by Crippen LogP contribution is -2.44. The summed E-state index contributed by atoms with van der Waals surface area (Å²) in [6, 6.07) is 3.58. The Morgan fingerprint density at radius 2 is 2.00 bits per heavy atom. The Hall–Kier alpha value is -1.76. The number of nitrogens with zero attached hydrogens (tertiary/aromatic N) is 1. The van der Waals surface area contributed by atoms with Crippen LogP contribution in [-0.2, 0) is 21.1 Å². The fourth-order valence-corrected chi connectivity index (χ4v) is 5.22. The van der Waals surface area contributed by atoms with Crippen molar-refractivity contribution in [2.45, 2.75) is 30.9 Å². The van der Waals surface area contributed by atoms with Crippen molar-refractivity contribution in [1.82, 2.24) is 0 Å². The van der Waals surface area contributed by atoms with Crippen LogP contribution in [0.3, 0.4) is 0 Å². The van der Waals surface area contributed by atoms with Gasteiger partial charge in [0.2, 0.25) is 5.91 Å². The Morgan fingerprint density at radius 3 is 2.61 bits per heavy atom. The van der Waals surface area contributed by atoms with E-state index >= 15 is 0 Å². The largest absolute Gasteiger partial charge is 0.497 e. The number of fused-ring (bicyclic) bond motifs is 1. The number of carbonyl (C=O) groups excluding carboxylic acids is 1. The maximum atomic E-state index is 12.8. The van der Waals surface area contributed by atoms with Crippen molar-refractivity contribution >= 4 is 21.4 Å². The molecule has 126 valence electrons. The lowest BCUT2D eigenvalue weighted by atomic mass is 9.99. The van der Waals surface area contributed by atoms with E-state index < -0.39 is 15.1 Å². The molecule has 0 radical (unpaired) electrons. The normalized spacial score (nSPS) is 22.5. The Morgan fingerprint density at radius 1 is 1.22 bits per heavy atom. The monoisotopic (exact) mass is 339 g/mol. The molecule has 3 rings (SSSR count). The number of carbonyl (C=O) groups is 1. The molecule has 2 aliphatic heterocycles. The van der Waals surface area contributed by atoms with Gasteiger partial charge in [-0.3, -0.25) is 4.79 Å². The van der Waals surface area contributed by atoms with Gasteiger partial charge in [0, 0.05) is 24.2 Å². The van der Waals surface area contributed by atoms with Crippen molar-refractivity contribution in [2.24, 2.45) is 0 Å². The number of methoxy groups -OCH3 is 2. The summed E-state index contributed by atoms with van der Waals surface area (Å²) in [5, 5.41) is -0.911. The average molecular weight is 339 g/mol. The molecule has 1 aromatic carbocycles. The van der Waals surface area contributed by atoms with Crippen molar-refractivity contribution in [3.05, 3.63) is 17.7 Å². The molecule has 0 spiro atoms. The summed E-state index contributed by atoms with van der Waals surface area (Å²) in [5.74, 6) is 1.05. The predicted molar refractivity (Wildman–Crippen MR) is 87.0 cm³/mol. The van der Waals surface area contributed by atoms with Crippen LogP contribution in [0.2, 0.25) is 0 Å². The molecule has 23 heavy (non-hydrogen) atoms. The molecule has 1 unspecified atom stereocenters. The zero-order valence-corrected chi connectivity index (χ0v) is 14.2. The van der Waals surface area contributed by atoms with Gasteiger partial charge in [-0.15, -0.1) is 0 Å². The summed E-state index contributed by atoms with van der Waals surface area (Å²) >= 11 is 0. The van der Waals surface area contributed by atoms with E-state index in [2.05, 4.69) is 0 Å². The maximum absolute atomic E-state index is 12.8. The van der Waals surface area contributed by atoms with Gasteiger partial charge in [-0.2, -0.15) is 0 Å². The number of rotatable bonds is 3. The molecule has 7 heteroatoms. The second kappa shape index (κ2) is 6.03. The van der Waals surface area contributed by atoms with Crippen LogP contribution in [0.15, 0.2) is 12.1 Å². The van der Waals surface area contributed by atoms with E-state index in [1.54, 1.807) is 31.3 Å². The Labute approximate surface area is 136 Å². The Bertz CT molecular complexity index is 728. The molecule has 0 bridgehead atoms. The molecule has 0 saturated carbocycles. The summed E-state index contributed by atoms with van der Waals surface area (Å²) in [4.78, 5) is 14.4. The van der Waals surface area contributed by atoms with Crippen LogP contribution in [0, 0.1) is 0 Å². The quantitative estimate of drug-likeness (QED) is 0.836. The highest BCUT2D eigenvalue weighted by molar-refractivity contribution is 7.93. The lowest BCUT2D eigenvalue weighted by Gasteiger charge is -2.32. The third-order valence-corrected chi connectivity index (χ3v) is 6.75. The number of anilines is 1. The van der Waals surface area contributed by atoms with Gasteiger partial charge < -0.3 is 14.4 Å². The van der Waals surface area contributed by atoms with Gasteiger partial charge in [0.15, 0.2) is 9.84 Å². The van der Waals surface area contributed by atoms with Crippen LogP contribution in [0.4, 0.5) is 5.69 Å². The van der Waals surface area contributed by atoms with Crippen molar-refractivity contribution in [3.8, 4) is 11.5 Å². The summed E-state index contributed by atoms with van der Waals surface area (Å²) in [7, 11) is -0.190. The van der Waals surface area contributed by atoms with Crippen molar-refractivity contribution in [2.75, 3.05) is 31.4 Å². The minimum atomic E-state index is -3.32. The van der Waals surface area contributed by atoms with Gasteiger partial charge in [0.25, 0.3) is 0 Å². The summed E-state index contributed by atoms with van der Waals surface area (Å²) in [6.45, 7) is 0.522. The number of benzene rings is 1. The molecule has 1 aromatic rings. The second-order valence-electron chi connectivity index (χ2n) is 5.92. The first-order valence-electron chi connectivity index (χ1n) is 7.76. The van der Waals surface area contributed by atoms with E-state index in [1.807, 2.05) is 0 Å². The number of sulfone groups is 1. The van der Waals surface area contributed by atoms with Crippen LogP contribution in [0.25, 0.3) is 0 Å². The molecule has 1 fully saturated rings. The first kappa shape index (κ1) is 16.1. The smallest absolute Gasteiger partial charge is 0.245 e. The van der Waals surface area contributed by atoms with Crippen molar-refractivity contribution in [1.29, 1.82) is 0 Å². The Balaban J connectivity index is 2.03. The third-order valence-electron chi connectivity index (χ3n) is 4.58. The van der Waals surface area contributed by atoms with Gasteiger partial charge in [0.05, 0.1) is 25.7 Å². The topological polar surface area (TPSA) is 72.9 Å². The standard InChI is InChI=1S/C16H21NO5S/c1-21-11-9-13-12(14(10-11)22-2)5-3-7-17(13)16(18)15-6-4-8-23(15,19)20/h9-10,15H,3-8H2,1-2H3. The molecule has 1 amide bonds. The van der Waals surface area contributed by atoms with Gasteiger partial charge in [0.1, 0.15) is 16.7 Å². The van der Waals surface area contributed by atoms with Crippen molar-refractivity contribution < 1.29 is 22.7 Å². The van der Waals surface area contributed by atoms with E-state index in [-0.39, 0.29) is 11.7 Å². The van der Waals surface area contributed by atoms with Crippen LogP contribution >= 0.6 is 0 Å². The predicted octanol–water partition coefficient (Wildman–Crippen LogP) is 1.56. The van der Waals surface area contributed by atoms with Gasteiger partial charge in [-0.1, -0.05) is 0 Å². The number of amides is 1. The Kier molecular flexibility index (Phi) is 4.23. The highest BCUT2D eigenvalue weighted by Gasteiger charge is 2.41. The molecule has 2 heterocycles. The molecule has 0 N–H and O–H groups in total. The first-order chi connectivity index (χ1) is 11.0. The summed E-state index contributed by atoms with van der Waals surface area (Å²) in [6.07, 6.45) is 2.55. The zero-order chi connectivity index (χ0) is 16.6. The van der Waals surface area contributed by atoms with E-state index in [0.717, 1.165) is 18.4 Å². The fraction of sp³-hybridized carbons (Fsp3) is 0.562. The summed E-state index contributed by atoms with van der Waals surface area (Å²) in [5.41, 5.74) is 1.64. The molecular weight excluding hydrogens is 318 g/mol. The summed E-state index contributed by atoms with van der Waals surface area (Å²) < 4.78 is 34.9. The molecule has 2 aliphatic rings. The minimum Gasteiger partial charge on any atom is -0.497 e. The van der Waals surface area contributed by atoms with E-state index in [0.29, 0.717) is 36.6 Å². The third kappa shape index (κ3) is 2.78. The molecule has 1 atom stereocenters. The molecular formula is C16H21NO5S. The number of hydrogen-bond acceptors (Lipinski definition) is 5. The number of ether oxygens (including phenoxy) is 2. The highest BCUT2D eigenvalue weighted by Crippen LogP contribution is 2.39. The second-order valence-corrected chi connectivity index (χ2v) is 8.22. The van der Waals surface area contributed by atoms with Gasteiger partial charge in [-0.25, -0.2) is 8.42 Å². The van der Waals surface area contributed by atoms with Crippen LogP contribution in [0.1, 0.15) is 24.8 Å². The molecule has 0 aliphatic carbocycles. The molecule has 0 aromatic heterocycles.